The second kappa shape index (κ2) is 5.67. The molecule has 0 aliphatic heterocycles. The second-order valence-electron chi connectivity index (χ2n) is 4.83. The minimum Gasteiger partial charge on any atom is -0.349 e. The zero-order valence-corrected chi connectivity index (χ0v) is 11.7. The average molecular weight is 296 g/mol. The molecule has 1 aliphatic rings. The van der Waals surface area contributed by atoms with E-state index in [9.17, 15) is 4.79 Å². The van der Waals surface area contributed by atoms with E-state index in [4.69, 9.17) is 0 Å². The predicted molar refractivity (Wildman–Crippen MR) is 73.2 cm³/mol. The zero-order chi connectivity index (χ0) is 12.3. The van der Waals surface area contributed by atoms with Crippen molar-refractivity contribution in [1.82, 2.24) is 5.32 Å². The van der Waals surface area contributed by atoms with Crippen LogP contribution >= 0.6 is 15.9 Å². The Hall–Kier alpha value is -0.830. The molecule has 0 atom stereocenters. The summed E-state index contributed by atoms with van der Waals surface area (Å²) in [5.41, 5.74) is 1.86. The molecule has 1 saturated carbocycles. The number of carbonyl (C=O) groups excluding carboxylic acids is 1. The molecule has 0 bridgehead atoms. The summed E-state index contributed by atoms with van der Waals surface area (Å²) in [5.74, 6) is 0.0568. The first-order chi connectivity index (χ1) is 8.15. The van der Waals surface area contributed by atoms with Gasteiger partial charge in [-0.05, 0) is 43.5 Å². The lowest BCUT2D eigenvalue weighted by molar-refractivity contribution is 0.0927. The number of hydrogen-bond donors (Lipinski definition) is 1. The molecule has 0 heterocycles. The van der Waals surface area contributed by atoms with Gasteiger partial charge >= 0.3 is 0 Å². The topological polar surface area (TPSA) is 29.1 Å². The van der Waals surface area contributed by atoms with Gasteiger partial charge in [-0.15, -0.1) is 0 Å². The molecule has 1 aromatic carbocycles. The number of carbonyl (C=O) groups is 1. The number of rotatable bonds is 2. The normalized spacial score (nSPS) is 16.8. The molecule has 1 aliphatic carbocycles. The number of halogens is 1. The van der Waals surface area contributed by atoms with E-state index in [0.717, 1.165) is 28.4 Å². The van der Waals surface area contributed by atoms with Crippen LogP contribution in [0.2, 0.25) is 0 Å². The molecule has 0 saturated heterocycles. The molecule has 17 heavy (non-hydrogen) atoms. The first kappa shape index (κ1) is 12.6. The Balaban J connectivity index is 2.03. The van der Waals surface area contributed by atoms with Crippen LogP contribution in [-0.2, 0) is 0 Å². The van der Waals surface area contributed by atoms with Gasteiger partial charge in [0.2, 0.25) is 0 Å². The van der Waals surface area contributed by atoms with E-state index < -0.39 is 0 Å². The van der Waals surface area contributed by atoms with Crippen LogP contribution in [0.4, 0.5) is 0 Å². The molecule has 0 unspecified atom stereocenters. The van der Waals surface area contributed by atoms with Crippen LogP contribution in [0, 0.1) is 6.92 Å². The average Bonchev–Trinajstić information content (AvgIpc) is 2.29. The maximum Gasteiger partial charge on any atom is 0.251 e. The van der Waals surface area contributed by atoms with Gasteiger partial charge in [-0.25, -0.2) is 0 Å². The largest absolute Gasteiger partial charge is 0.349 e. The summed E-state index contributed by atoms with van der Waals surface area (Å²) < 4.78 is 0.964. The van der Waals surface area contributed by atoms with E-state index in [0.29, 0.717) is 6.04 Å². The molecule has 0 radical (unpaired) electrons. The van der Waals surface area contributed by atoms with Gasteiger partial charge in [0.05, 0.1) is 0 Å². The summed E-state index contributed by atoms with van der Waals surface area (Å²) in [5, 5.41) is 3.13. The van der Waals surface area contributed by atoms with E-state index in [-0.39, 0.29) is 5.91 Å². The Labute approximate surface area is 111 Å². The Morgan fingerprint density at radius 2 is 1.94 bits per heavy atom. The van der Waals surface area contributed by atoms with Gasteiger partial charge in [-0.1, -0.05) is 35.2 Å². The highest BCUT2D eigenvalue weighted by Gasteiger charge is 2.16. The quantitative estimate of drug-likeness (QED) is 0.883. The summed E-state index contributed by atoms with van der Waals surface area (Å²) in [6.45, 7) is 2.00. The van der Waals surface area contributed by atoms with E-state index >= 15 is 0 Å². The van der Waals surface area contributed by atoms with Crippen molar-refractivity contribution in [1.29, 1.82) is 0 Å². The number of aryl methyl sites for hydroxylation is 1. The molecule has 1 aromatic rings. The highest BCUT2D eigenvalue weighted by atomic mass is 79.9. The minimum absolute atomic E-state index is 0.0568. The Morgan fingerprint density at radius 3 is 2.59 bits per heavy atom. The third-order valence-electron chi connectivity index (χ3n) is 3.24. The summed E-state index contributed by atoms with van der Waals surface area (Å²) in [6.07, 6.45) is 6.03. The van der Waals surface area contributed by atoms with Crippen LogP contribution in [0.3, 0.4) is 0 Å². The van der Waals surface area contributed by atoms with E-state index in [1.165, 1.54) is 19.3 Å². The molecular formula is C14H18BrNO. The van der Waals surface area contributed by atoms with Crippen molar-refractivity contribution in [2.24, 2.45) is 0 Å². The molecule has 92 valence electrons. The lowest BCUT2D eigenvalue weighted by Crippen LogP contribution is -2.36. The SMILES string of the molecule is Cc1cc(Br)cc(C(=O)NC2CCCCC2)c1. The Kier molecular flexibility index (Phi) is 4.21. The maximum atomic E-state index is 12.1. The lowest BCUT2D eigenvalue weighted by atomic mass is 9.95. The zero-order valence-electron chi connectivity index (χ0n) is 10.1. The highest BCUT2D eigenvalue weighted by Crippen LogP contribution is 2.19. The van der Waals surface area contributed by atoms with Gasteiger partial charge in [0.1, 0.15) is 0 Å². The third-order valence-corrected chi connectivity index (χ3v) is 3.70. The molecule has 2 rings (SSSR count). The molecule has 0 aromatic heterocycles. The molecule has 1 N–H and O–H groups in total. The van der Waals surface area contributed by atoms with Crippen LogP contribution in [0.5, 0.6) is 0 Å². The Morgan fingerprint density at radius 1 is 1.24 bits per heavy atom. The molecule has 1 amide bonds. The van der Waals surface area contributed by atoms with Gasteiger partial charge in [0, 0.05) is 16.1 Å². The van der Waals surface area contributed by atoms with E-state index in [1.54, 1.807) is 0 Å². The van der Waals surface area contributed by atoms with Gasteiger partial charge < -0.3 is 5.32 Å². The van der Waals surface area contributed by atoms with Crippen molar-refractivity contribution < 1.29 is 4.79 Å². The summed E-state index contributed by atoms with van der Waals surface area (Å²) in [6, 6.07) is 6.20. The Bertz CT molecular complexity index is 390. The van der Waals surface area contributed by atoms with Crippen molar-refractivity contribution >= 4 is 21.8 Å². The van der Waals surface area contributed by atoms with E-state index in [2.05, 4.69) is 21.2 Å². The second-order valence-corrected chi connectivity index (χ2v) is 5.74. The van der Waals surface area contributed by atoms with Gasteiger partial charge in [-0.2, -0.15) is 0 Å². The fraction of sp³-hybridized carbons (Fsp3) is 0.500. The summed E-state index contributed by atoms with van der Waals surface area (Å²) in [4.78, 5) is 12.1. The standard InChI is InChI=1S/C14H18BrNO/c1-10-7-11(9-12(15)8-10)14(17)16-13-5-3-2-4-6-13/h7-9,13H,2-6H2,1H3,(H,16,17). The first-order valence-corrected chi connectivity index (χ1v) is 7.02. The molecule has 3 heteroatoms. The predicted octanol–water partition coefficient (Wildman–Crippen LogP) is 3.82. The lowest BCUT2D eigenvalue weighted by Gasteiger charge is -2.22. The maximum absolute atomic E-state index is 12.1. The van der Waals surface area contributed by atoms with Crippen LogP contribution in [-0.4, -0.2) is 11.9 Å². The van der Waals surface area contributed by atoms with Gasteiger partial charge in [-0.3, -0.25) is 4.79 Å². The van der Waals surface area contributed by atoms with Crippen molar-refractivity contribution in [3.63, 3.8) is 0 Å². The first-order valence-electron chi connectivity index (χ1n) is 6.23. The minimum atomic E-state index is 0.0568. The van der Waals surface area contributed by atoms with Crippen LogP contribution in [0.1, 0.15) is 48.0 Å². The van der Waals surface area contributed by atoms with Crippen LogP contribution in [0.25, 0.3) is 0 Å². The van der Waals surface area contributed by atoms with Gasteiger partial charge in [0.15, 0.2) is 0 Å². The smallest absolute Gasteiger partial charge is 0.251 e. The summed E-state index contributed by atoms with van der Waals surface area (Å²) in [7, 11) is 0. The van der Waals surface area contributed by atoms with Crippen LogP contribution in [0.15, 0.2) is 22.7 Å². The number of hydrogen-bond acceptors (Lipinski definition) is 1. The van der Waals surface area contributed by atoms with E-state index in [1.807, 2.05) is 25.1 Å². The molecular weight excluding hydrogens is 278 g/mol. The molecule has 2 nitrogen and oxygen atoms in total. The number of benzene rings is 1. The van der Waals surface area contributed by atoms with Crippen molar-refractivity contribution in [2.75, 3.05) is 0 Å². The fourth-order valence-electron chi connectivity index (χ4n) is 2.38. The van der Waals surface area contributed by atoms with Crippen molar-refractivity contribution in [2.45, 2.75) is 45.1 Å². The monoisotopic (exact) mass is 295 g/mol. The third kappa shape index (κ3) is 3.56. The van der Waals surface area contributed by atoms with Crippen molar-refractivity contribution in [3.05, 3.63) is 33.8 Å². The summed E-state index contributed by atoms with van der Waals surface area (Å²) >= 11 is 3.43. The highest BCUT2D eigenvalue weighted by molar-refractivity contribution is 9.10. The van der Waals surface area contributed by atoms with Crippen LogP contribution < -0.4 is 5.32 Å². The fourth-order valence-corrected chi connectivity index (χ4v) is 2.99. The molecule has 0 spiro atoms. The number of amides is 1. The molecule has 1 fully saturated rings. The van der Waals surface area contributed by atoms with Crippen molar-refractivity contribution in [3.8, 4) is 0 Å². The van der Waals surface area contributed by atoms with Gasteiger partial charge in [0.25, 0.3) is 5.91 Å². The number of nitrogens with one attached hydrogen (secondary N) is 1.